The number of aromatic nitrogens is 2. The fraction of sp³-hybridized carbons (Fsp3) is 0.375. The van der Waals surface area contributed by atoms with Gasteiger partial charge in [0.25, 0.3) is 5.69 Å². The number of carbonyl (C=O) groups excluding carboxylic acids is 1. The summed E-state index contributed by atoms with van der Waals surface area (Å²) >= 11 is 0. The van der Waals surface area contributed by atoms with Crippen LogP contribution in [0.1, 0.15) is 17.0 Å². The summed E-state index contributed by atoms with van der Waals surface area (Å²) in [4.78, 5) is 23.3. The van der Waals surface area contributed by atoms with Crippen LogP contribution in [-0.2, 0) is 11.8 Å². The van der Waals surface area contributed by atoms with E-state index in [0.29, 0.717) is 24.3 Å². The van der Waals surface area contributed by atoms with Crippen LogP contribution in [0.2, 0.25) is 0 Å². The van der Waals surface area contributed by atoms with Gasteiger partial charge in [-0.2, -0.15) is 5.10 Å². The standard InChI is InChI=1S/C16H19N5O3/c1-10-14(4-3-5-15(10)21(23)24)19-16(22)13-8-17-7-12(13)11-6-18-20(2)9-11/h3-6,9,12-13,17H,7-8H2,1-2H3,(H,19,22)/t12-,13+/m1/s1. The molecule has 0 radical (unpaired) electrons. The first-order valence-corrected chi connectivity index (χ1v) is 7.71. The number of rotatable bonds is 4. The van der Waals surface area contributed by atoms with Gasteiger partial charge in [-0.05, 0) is 18.6 Å². The van der Waals surface area contributed by atoms with E-state index in [-0.39, 0.29) is 23.4 Å². The summed E-state index contributed by atoms with van der Waals surface area (Å²) in [5.74, 6) is -0.344. The predicted molar refractivity (Wildman–Crippen MR) is 88.8 cm³/mol. The monoisotopic (exact) mass is 329 g/mol. The van der Waals surface area contributed by atoms with Crippen LogP contribution in [0.15, 0.2) is 30.6 Å². The van der Waals surface area contributed by atoms with Crippen LogP contribution >= 0.6 is 0 Å². The van der Waals surface area contributed by atoms with E-state index in [9.17, 15) is 14.9 Å². The third kappa shape index (κ3) is 3.00. The Kier molecular flexibility index (Phi) is 4.30. The number of anilines is 1. The summed E-state index contributed by atoms with van der Waals surface area (Å²) < 4.78 is 1.72. The van der Waals surface area contributed by atoms with Crippen molar-refractivity contribution < 1.29 is 9.72 Å². The summed E-state index contributed by atoms with van der Waals surface area (Å²) in [6, 6.07) is 4.69. The second-order valence-electron chi connectivity index (χ2n) is 6.01. The van der Waals surface area contributed by atoms with Gasteiger partial charge in [-0.15, -0.1) is 0 Å². The van der Waals surface area contributed by atoms with E-state index >= 15 is 0 Å². The Morgan fingerprint density at radius 2 is 2.25 bits per heavy atom. The van der Waals surface area contributed by atoms with Crippen molar-refractivity contribution in [3.8, 4) is 0 Å². The predicted octanol–water partition coefficient (Wildman–Crippen LogP) is 1.58. The molecule has 0 aliphatic carbocycles. The van der Waals surface area contributed by atoms with Crippen molar-refractivity contribution in [2.45, 2.75) is 12.8 Å². The minimum Gasteiger partial charge on any atom is -0.325 e. The molecule has 1 aromatic heterocycles. The number of hydrogen-bond donors (Lipinski definition) is 2. The van der Waals surface area contributed by atoms with Crippen molar-refractivity contribution >= 4 is 17.3 Å². The Labute approximate surface area is 139 Å². The molecular formula is C16H19N5O3. The van der Waals surface area contributed by atoms with Gasteiger partial charge in [0.05, 0.1) is 28.3 Å². The van der Waals surface area contributed by atoms with Crippen molar-refractivity contribution in [2.24, 2.45) is 13.0 Å². The van der Waals surface area contributed by atoms with E-state index in [2.05, 4.69) is 15.7 Å². The normalized spacial score (nSPS) is 20.1. The average Bonchev–Trinajstić information content (AvgIpc) is 3.17. The zero-order valence-corrected chi connectivity index (χ0v) is 13.5. The molecule has 2 heterocycles. The molecule has 2 N–H and O–H groups in total. The van der Waals surface area contributed by atoms with Crippen LogP contribution in [0, 0.1) is 23.0 Å². The average molecular weight is 329 g/mol. The van der Waals surface area contributed by atoms with E-state index in [1.54, 1.807) is 29.9 Å². The number of amides is 1. The maximum Gasteiger partial charge on any atom is 0.274 e. The lowest BCUT2D eigenvalue weighted by Gasteiger charge is -2.17. The number of benzene rings is 1. The number of hydrogen-bond acceptors (Lipinski definition) is 5. The fourth-order valence-corrected chi connectivity index (χ4v) is 3.12. The van der Waals surface area contributed by atoms with Crippen LogP contribution in [0.4, 0.5) is 11.4 Å². The first-order valence-electron chi connectivity index (χ1n) is 7.71. The minimum absolute atomic E-state index is 0.00107. The highest BCUT2D eigenvalue weighted by atomic mass is 16.6. The van der Waals surface area contributed by atoms with Crippen molar-refractivity contribution in [2.75, 3.05) is 18.4 Å². The van der Waals surface area contributed by atoms with Crippen LogP contribution in [0.25, 0.3) is 0 Å². The van der Waals surface area contributed by atoms with E-state index in [4.69, 9.17) is 0 Å². The van der Waals surface area contributed by atoms with Crippen molar-refractivity contribution in [3.05, 3.63) is 51.8 Å². The minimum atomic E-state index is -0.444. The van der Waals surface area contributed by atoms with Gasteiger partial charge in [-0.25, -0.2) is 0 Å². The molecular weight excluding hydrogens is 310 g/mol. The zero-order valence-electron chi connectivity index (χ0n) is 13.5. The van der Waals surface area contributed by atoms with Crippen LogP contribution in [0.5, 0.6) is 0 Å². The largest absolute Gasteiger partial charge is 0.325 e. The highest BCUT2D eigenvalue weighted by Crippen LogP contribution is 2.30. The lowest BCUT2D eigenvalue weighted by Crippen LogP contribution is -2.28. The van der Waals surface area contributed by atoms with Gasteiger partial charge in [-0.1, -0.05) is 6.07 Å². The van der Waals surface area contributed by atoms with Crippen LogP contribution in [0.3, 0.4) is 0 Å². The van der Waals surface area contributed by atoms with Gasteiger partial charge in [0.15, 0.2) is 0 Å². The fourth-order valence-electron chi connectivity index (χ4n) is 3.12. The molecule has 0 bridgehead atoms. The lowest BCUT2D eigenvalue weighted by molar-refractivity contribution is -0.385. The molecule has 24 heavy (non-hydrogen) atoms. The molecule has 2 atom stereocenters. The number of nitrogens with zero attached hydrogens (tertiary/aromatic N) is 3. The molecule has 8 heteroatoms. The maximum atomic E-state index is 12.7. The second-order valence-corrected chi connectivity index (χ2v) is 6.01. The molecule has 3 rings (SSSR count). The van der Waals surface area contributed by atoms with Gasteiger partial charge >= 0.3 is 0 Å². The molecule has 0 unspecified atom stereocenters. The van der Waals surface area contributed by atoms with Gasteiger partial charge < -0.3 is 10.6 Å². The molecule has 0 spiro atoms. The molecule has 1 amide bonds. The topological polar surface area (TPSA) is 102 Å². The third-order valence-corrected chi connectivity index (χ3v) is 4.46. The van der Waals surface area contributed by atoms with Crippen molar-refractivity contribution in [1.29, 1.82) is 0 Å². The molecule has 1 aliphatic heterocycles. The van der Waals surface area contributed by atoms with Crippen molar-refractivity contribution in [1.82, 2.24) is 15.1 Å². The molecule has 126 valence electrons. The number of nitrogens with one attached hydrogen (secondary N) is 2. The quantitative estimate of drug-likeness (QED) is 0.655. The molecule has 1 aromatic carbocycles. The third-order valence-electron chi connectivity index (χ3n) is 4.46. The Bertz CT molecular complexity index is 786. The summed E-state index contributed by atoms with van der Waals surface area (Å²) in [6.07, 6.45) is 3.69. The van der Waals surface area contributed by atoms with E-state index < -0.39 is 4.92 Å². The molecule has 8 nitrogen and oxygen atoms in total. The zero-order chi connectivity index (χ0) is 17.3. The molecule has 2 aromatic rings. The number of aryl methyl sites for hydroxylation is 1. The molecule has 1 fully saturated rings. The first-order chi connectivity index (χ1) is 11.5. The molecule has 0 saturated carbocycles. The molecule has 1 saturated heterocycles. The number of nitro groups is 1. The Morgan fingerprint density at radius 3 is 2.92 bits per heavy atom. The lowest BCUT2D eigenvalue weighted by atomic mass is 9.90. The number of carbonyl (C=O) groups is 1. The Morgan fingerprint density at radius 1 is 1.46 bits per heavy atom. The van der Waals surface area contributed by atoms with E-state index in [1.807, 2.05) is 13.2 Å². The SMILES string of the molecule is Cc1c(NC(=O)[C@H]2CNC[C@@H]2c2cnn(C)c2)cccc1[N+](=O)[O-]. The summed E-state index contributed by atoms with van der Waals surface area (Å²) in [6.45, 7) is 2.91. The first kappa shape index (κ1) is 16.1. The highest BCUT2D eigenvalue weighted by molar-refractivity contribution is 5.94. The Balaban J connectivity index is 1.80. The van der Waals surface area contributed by atoms with Crippen LogP contribution in [-0.4, -0.2) is 33.7 Å². The van der Waals surface area contributed by atoms with Gasteiger partial charge in [0.2, 0.25) is 5.91 Å². The van der Waals surface area contributed by atoms with Gasteiger partial charge in [0, 0.05) is 38.3 Å². The highest BCUT2D eigenvalue weighted by Gasteiger charge is 2.35. The van der Waals surface area contributed by atoms with E-state index in [0.717, 1.165) is 5.56 Å². The van der Waals surface area contributed by atoms with Gasteiger partial charge in [-0.3, -0.25) is 19.6 Å². The summed E-state index contributed by atoms with van der Waals surface area (Å²) in [7, 11) is 1.84. The Hall–Kier alpha value is -2.74. The summed E-state index contributed by atoms with van der Waals surface area (Å²) in [5, 5.41) is 21.3. The number of nitro benzene ring substituents is 1. The maximum absolute atomic E-state index is 12.7. The van der Waals surface area contributed by atoms with E-state index in [1.165, 1.54) is 6.07 Å². The van der Waals surface area contributed by atoms with Gasteiger partial charge in [0.1, 0.15) is 0 Å². The van der Waals surface area contributed by atoms with Crippen molar-refractivity contribution in [3.63, 3.8) is 0 Å². The smallest absolute Gasteiger partial charge is 0.274 e. The summed E-state index contributed by atoms with van der Waals surface area (Å²) in [5.41, 5.74) is 1.95. The molecule has 1 aliphatic rings. The second kappa shape index (κ2) is 6.40. The van der Waals surface area contributed by atoms with Crippen LogP contribution < -0.4 is 10.6 Å².